The molecule has 18 heteroatoms. The summed E-state index contributed by atoms with van der Waals surface area (Å²) >= 11 is 0. The van der Waals surface area contributed by atoms with E-state index in [1.165, 1.54) is 109 Å². The van der Waals surface area contributed by atoms with Crippen molar-refractivity contribution < 1.29 is 75.8 Å². The van der Waals surface area contributed by atoms with Gasteiger partial charge in [-0.25, -0.2) is 9.13 Å². The number of carbonyl (C=O) groups excluding carboxylic acids is 3. The Morgan fingerprint density at radius 1 is 0.293 bits per heavy atom. The highest BCUT2D eigenvalue weighted by molar-refractivity contribution is 7.47. The lowest BCUT2D eigenvalue weighted by molar-refractivity contribution is -0.161. The highest BCUT2D eigenvalue weighted by Gasteiger charge is 2.29. The van der Waals surface area contributed by atoms with Crippen molar-refractivity contribution in [3.63, 3.8) is 0 Å². The number of phosphoric acid groups is 2. The Labute approximate surface area is 601 Å². The number of hydrogen-bond acceptors (Lipinski definition) is 14. The molecule has 4 N–H and O–H groups in total. The van der Waals surface area contributed by atoms with Gasteiger partial charge in [-0.3, -0.25) is 32.5 Å². The molecule has 0 aromatic heterocycles. The molecule has 0 aromatic carbocycles. The van der Waals surface area contributed by atoms with Gasteiger partial charge in [0.15, 0.2) is 6.10 Å². The molecule has 16 nitrogen and oxygen atoms in total. The molecule has 5 atom stereocenters. The smallest absolute Gasteiger partial charge is 0.463 e. The number of aliphatic hydroxyl groups excluding tert-OH is 2. The molecule has 0 bridgehead atoms. The molecule has 0 saturated carbocycles. The highest BCUT2D eigenvalue weighted by Crippen LogP contribution is 2.45. The highest BCUT2D eigenvalue weighted by atomic mass is 31.2. The molecule has 0 spiro atoms. The van der Waals surface area contributed by atoms with E-state index in [1.54, 1.807) is 0 Å². The van der Waals surface area contributed by atoms with Crippen LogP contribution in [0.1, 0.15) is 303 Å². The first-order valence-electron chi connectivity index (χ1n) is 38.5. The van der Waals surface area contributed by atoms with Crippen molar-refractivity contribution >= 4 is 33.6 Å². The van der Waals surface area contributed by atoms with Gasteiger partial charge in [0.25, 0.3) is 0 Å². The fourth-order valence-corrected chi connectivity index (χ4v) is 11.5. The van der Waals surface area contributed by atoms with Gasteiger partial charge in [0.1, 0.15) is 25.4 Å². The van der Waals surface area contributed by atoms with E-state index in [4.69, 9.17) is 32.3 Å². The molecule has 0 aliphatic heterocycles. The third-order valence-corrected chi connectivity index (χ3v) is 17.7. The third kappa shape index (κ3) is 74.7. The fraction of sp³-hybridized carbons (Fsp3) is 0.691. The Balaban J connectivity index is 4.61. The summed E-state index contributed by atoms with van der Waals surface area (Å²) in [6.07, 6.45) is 87.9. The van der Waals surface area contributed by atoms with Gasteiger partial charge in [-0.2, -0.15) is 0 Å². The molecule has 0 rings (SSSR count). The average molecular weight is 1430 g/mol. The van der Waals surface area contributed by atoms with Gasteiger partial charge in [-0.1, -0.05) is 276 Å². The number of phosphoric ester groups is 2. The molecular weight excluding hydrogens is 1290 g/mol. The summed E-state index contributed by atoms with van der Waals surface area (Å²) in [6.45, 7) is 2.47. The summed E-state index contributed by atoms with van der Waals surface area (Å²) in [4.78, 5) is 58.6. The number of rotatable bonds is 72. The topological polar surface area (TPSA) is 231 Å². The van der Waals surface area contributed by atoms with Gasteiger partial charge in [0.2, 0.25) is 0 Å². The summed E-state index contributed by atoms with van der Waals surface area (Å²) in [7, 11) is -9.81. The minimum absolute atomic E-state index is 0.0818. The zero-order chi connectivity index (χ0) is 72.3. The number of hydrogen-bond donors (Lipinski definition) is 4. The zero-order valence-corrected chi connectivity index (χ0v) is 63.7. The van der Waals surface area contributed by atoms with Crippen LogP contribution in [0.3, 0.4) is 0 Å². The molecular formula is C81H138O16P2. The second kappa shape index (κ2) is 73.4. The van der Waals surface area contributed by atoms with Gasteiger partial charge in [0.05, 0.1) is 26.4 Å². The maximum absolute atomic E-state index is 13.0. The first-order chi connectivity index (χ1) is 48.2. The number of unbranched alkanes of at least 4 members (excludes halogenated alkanes) is 27. The average Bonchev–Trinajstić information content (AvgIpc) is 1.55. The van der Waals surface area contributed by atoms with E-state index in [0.717, 1.165) is 135 Å². The largest absolute Gasteiger partial charge is 0.472 e. The molecule has 0 aromatic rings. The molecule has 0 aliphatic rings. The van der Waals surface area contributed by atoms with E-state index < -0.39 is 91.5 Å². The van der Waals surface area contributed by atoms with Crippen LogP contribution in [0.2, 0.25) is 0 Å². The van der Waals surface area contributed by atoms with Gasteiger partial charge in [-0.05, 0) is 141 Å². The van der Waals surface area contributed by atoms with E-state index in [2.05, 4.69) is 154 Å². The third-order valence-electron chi connectivity index (χ3n) is 15.8. The normalized spacial score (nSPS) is 14.8. The fourth-order valence-electron chi connectivity index (χ4n) is 9.96. The Kier molecular flexibility index (Phi) is 70.2. The number of carbonyl (C=O) groups is 3. The van der Waals surface area contributed by atoms with E-state index in [0.29, 0.717) is 19.3 Å². The summed E-state index contributed by atoms with van der Waals surface area (Å²) in [6, 6.07) is 0. The van der Waals surface area contributed by atoms with Crippen LogP contribution < -0.4 is 0 Å². The molecule has 568 valence electrons. The maximum Gasteiger partial charge on any atom is 0.472 e. The number of allylic oxidation sites excluding steroid dienone is 22. The van der Waals surface area contributed by atoms with Crippen LogP contribution in [0.15, 0.2) is 134 Å². The second-order valence-corrected chi connectivity index (χ2v) is 28.3. The number of ether oxygens (including phenoxy) is 3. The predicted octanol–water partition coefficient (Wildman–Crippen LogP) is 22.3. The molecule has 5 unspecified atom stereocenters. The van der Waals surface area contributed by atoms with Crippen LogP contribution in [0.25, 0.3) is 0 Å². The van der Waals surface area contributed by atoms with Crippen molar-refractivity contribution in [2.75, 3.05) is 39.6 Å². The maximum atomic E-state index is 13.0. The summed E-state index contributed by atoms with van der Waals surface area (Å²) in [5.41, 5.74) is 0. The molecule has 0 fully saturated rings. The first-order valence-corrected chi connectivity index (χ1v) is 41.5. The number of esters is 3. The van der Waals surface area contributed by atoms with Gasteiger partial charge < -0.3 is 34.2 Å². The molecule has 0 saturated heterocycles. The minimum Gasteiger partial charge on any atom is -0.463 e. The summed E-state index contributed by atoms with van der Waals surface area (Å²) in [5, 5.41) is 20.6. The molecule has 0 heterocycles. The van der Waals surface area contributed by atoms with Crippen LogP contribution in [0.4, 0.5) is 0 Å². The monoisotopic (exact) mass is 1430 g/mol. The SMILES string of the molecule is CC/C=C\C/C=C\C/C=C\C/C=C\C/C=C\C/C=C\CCCCC(=O)OCC(COP(=O)(O)OCC(O)COP(=O)(O)OCC(O)COC(=O)CCCCCCCCCCCCC/C=C\C/C=C\C/C=C\C/C=C\CCCCC)OC(=O)CCCCCCC/C=C\CCCCCCCC. The second-order valence-electron chi connectivity index (χ2n) is 25.4. The Morgan fingerprint density at radius 2 is 0.535 bits per heavy atom. The summed E-state index contributed by atoms with van der Waals surface area (Å²) < 4.78 is 61.0. The van der Waals surface area contributed by atoms with Crippen molar-refractivity contribution in [3.8, 4) is 0 Å². The summed E-state index contributed by atoms with van der Waals surface area (Å²) in [5.74, 6) is -1.64. The zero-order valence-electron chi connectivity index (χ0n) is 61.9. The lowest BCUT2D eigenvalue weighted by Gasteiger charge is -2.21. The lowest BCUT2D eigenvalue weighted by atomic mass is 10.0. The van der Waals surface area contributed by atoms with Gasteiger partial charge in [0, 0.05) is 19.3 Å². The molecule has 99 heavy (non-hydrogen) atoms. The Bertz CT molecular complexity index is 2330. The lowest BCUT2D eigenvalue weighted by Crippen LogP contribution is -2.30. The first kappa shape index (κ1) is 94.7. The van der Waals surface area contributed by atoms with Crippen LogP contribution >= 0.6 is 15.6 Å². The van der Waals surface area contributed by atoms with Crippen molar-refractivity contribution in [2.45, 2.75) is 322 Å². The minimum atomic E-state index is -4.94. The predicted molar refractivity (Wildman–Crippen MR) is 408 cm³/mol. The Hall–Kier alpha value is -4.31. The quantitative estimate of drug-likeness (QED) is 0.0146. The van der Waals surface area contributed by atoms with Gasteiger partial charge >= 0.3 is 33.6 Å². The van der Waals surface area contributed by atoms with E-state index in [1.807, 2.05) is 0 Å². The number of aliphatic hydroxyl groups is 2. The molecule has 0 aliphatic carbocycles. The molecule has 0 amide bonds. The van der Waals surface area contributed by atoms with E-state index in [9.17, 15) is 43.5 Å². The van der Waals surface area contributed by atoms with Crippen LogP contribution in [-0.4, -0.2) is 95.9 Å². The van der Waals surface area contributed by atoms with Gasteiger partial charge in [-0.15, -0.1) is 0 Å². The van der Waals surface area contributed by atoms with Crippen LogP contribution in [0, 0.1) is 0 Å². The standard InChI is InChI=1S/C81H138O16P2/c1-4-7-10-13-16-19-22-25-28-30-32-34-35-36-37-38-39-41-43-44-47-49-52-55-58-61-64-67-79(84)91-70-76(82)71-93-98(87,88)94-72-77(83)73-95-99(89,90)96-75-78(97-81(86)69-66-63-60-57-54-51-46-27-24-21-18-15-12-9-6-3)74-92-80(85)68-65-62-59-56-53-50-48-45-42-40-33-31-29-26-23-20-17-14-11-8-5-2/h8,11,16-17,19-20,25-29,32-34,36-37,40,45-46,48,53,56,76-78,82-83H,4-7,9-10,12-15,18,21-24,30-31,35,38-39,41-44,47,49-52,54-55,57-75H2,1-3H3,(H,87,88)(H,89,90)/b11-8-,19-16-,20-17-,28-25-,29-26-,34-32-,37-36-,40-33-,46-27-,48-45-,56-53-. The van der Waals surface area contributed by atoms with Crippen LogP contribution in [-0.2, 0) is 55.8 Å². The Morgan fingerprint density at radius 3 is 0.899 bits per heavy atom. The van der Waals surface area contributed by atoms with Crippen molar-refractivity contribution in [1.82, 2.24) is 0 Å². The van der Waals surface area contributed by atoms with E-state index in [-0.39, 0.29) is 19.3 Å². The molecule has 0 radical (unpaired) electrons. The van der Waals surface area contributed by atoms with Crippen molar-refractivity contribution in [1.29, 1.82) is 0 Å². The van der Waals surface area contributed by atoms with E-state index >= 15 is 0 Å². The van der Waals surface area contributed by atoms with Crippen molar-refractivity contribution in [3.05, 3.63) is 134 Å². The van der Waals surface area contributed by atoms with Crippen molar-refractivity contribution in [2.24, 2.45) is 0 Å². The van der Waals surface area contributed by atoms with Crippen LogP contribution in [0.5, 0.6) is 0 Å².